The molecule has 0 atom stereocenters. The average Bonchev–Trinajstić information content (AvgIpc) is 2.81. The number of benzene rings is 1. The van der Waals surface area contributed by atoms with E-state index in [2.05, 4.69) is 39.3 Å². The lowest BCUT2D eigenvalue weighted by Crippen LogP contribution is -2.25. The highest BCUT2D eigenvalue weighted by atomic mass is 16.5. The quantitative estimate of drug-likeness (QED) is 0.500. The zero-order valence-corrected chi connectivity index (χ0v) is 18.4. The summed E-state index contributed by atoms with van der Waals surface area (Å²) in [7, 11) is 1.55. The van der Waals surface area contributed by atoms with E-state index >= 15 is 0 Å². The number of aromatic nitrogens is 4. The predicted octanol–water partition coefficient (Wildman–Crippen LogP) is 2.52. The van der Waals surface area contributed by atoms with Crippen molar-refractivity contribution in [1.29, 1.82) is 0 Å². The van der Waals surface area contributed by atoms with Gasteiger partial charge in [0.05, 0.1) is 13.7 Å². The number of amides is 1. The minimum atomic E-state index is -0.379. The Labute approximate surface area is 186 Å². The molecule has 0 aliphatic carbocycles. The monoisotopic (exact) mass is 437 g/mol. The van der Waals surface area contributed by atoms with Crippen LogP contribution in [0.1, 0.15) is 31.5 Å². The Bertz CT molecular complexity index is 1100. The van der Waals surface area contributed by atoms with E-state index in [1.54, 1.807) is 37.7 Å². The second kappa shape index (κ2) is 11.0. The fourth-order valence-corrected chi connectivity index (χ4v) is 2.87. The van der Waals surface area contributed by atoms with E-state index in [1.807, 2.05) is 12.1 Å². The molecule has 9 heteroatoms. The number of nitrogens with zero attached hydrogens (tertiary/aromatic N) is 3. The predicted molar refractivity (Wildman–Crippen MR) is 119 cm³/mol. The number of nitrogens with one attached hydrogen (secondary N) is 2. The van der Waals surface area contributed by atoms with Crippen LogP contribution in [0.5, 0.6) is 11.5 Å². The van der Waals surface area contributed by atoms with Crippen LogP contribution in [0.3, 0.4) is 0 Å². The van der Waals surface area contributed by atoms with Crippen LogP contribution in [0.25, 0.3) is 11.4 Å². The Morgan fingerprint density at radius 3 is 2.59 bits per heavy atom. The summed E-state index contributed by atoms with van der Waals surface area (Å²) in [6, 6.07) is 8.95. The van der Waals surface area contributed by atoms with Gasteiger partial charge in [-0.25, -0.2) is 0 Å². The van der Waals surface area contributed by atoms with Gasteiger partial charge in [-0.3, -0.25) is 14.6 Å². The number of aromatic amines is 1. The van der Waals surface area contributed by atoms with Crippen molar-refractivity contribution < 1.29 is 14.3 Å². The molecule has 1 amide bonds. The molecule has 2 heterocycles. The lowest BCUT2D eigenvalue weighted by molar-refractivity contribution is -0.121. The Morgan fingerprint density at radius 2 is 1.91 bits per heavy atom. The molecule has 0 aliphatic heterocycles. The van der Waals surface area contributed by atoms with Crippen molar-refractivity contribution >= 4 is 5.91 Å². The van der Waals surface area contributed by atoms with Gasteiger partial charge < -0.3 is 19.8 Å². The summed E-state index contributed by atoms with van der Waals surface area (Å²) in [5, 5.41) is 11.0. The zero-order valence-electron chi connectivity index (χ0n) is 18.4. The summed E-state index contributed by atoms with van der Waals surface area (Å²) in [6.45, 7) is 5.10. The van der Waals surface area contributed by atoms with Crippen molar-refractivity contribution in [2.45, 2.75) is 33.2 Å². The Hall–Kier alpha value is -3.75. The van der Waals surface area contributed by atoms with Crippen LogP contribution in [-0.2, 0) is 17.8 Å². The highest BCUT2D eigenvalue weighted by Crippen LogP contribution is 2.31. The molecule has 0 saturated heterocycles. The largest absolute Gasteiger partial charge is 0.493 e. The van der Waals surface area contributed by atoms with Gasteiger partial charge in [0.25, 0.3) is 5.56 Å². The number of aryl methyl sites for hydroxylation is 1. The number of carbonyl (C=O) groups excluding carboxylic acids is 1. The van der Waals surface area contributed by atoms with Gasteiger partial charge in [-0.15, -0.1) is 10.2 Å². The molecule has 0 bridgehead atoms. The minimum absolute atomic E-state index is 0.137. The van der Waals surface area contributed by atoms with Crippen LogP contribution < -0.4 is 20.3 Å². The van der Waals surface area contributed by atoms with Crippen molar-refractivity contribution in [3.63, 3.8) is 0 Å². The molecule has 0 radical (unpaired) electrons. The Morgan fingerprint density at radius 1 is 1.12 bits per heavy atom. The molecular formula is C23H27N5O4. The molecule has 0 spiro atoms. The van der Waals surface area contributed by atoms with E-state index in [-0.39, 0.29) is 30.0 Å². The lowest BCUT2D eigenvalue weighted by atomic mass is 10.2. The molecule has 168 valence electrons. The van der Waals surface area contributed by atoms with Crippen molar-refractivity contribution in [1.82, 2.24) is 25.5 Å². The second-order valence-corrected chi connectivity index (χ2v) is 7.65. The number of rotatable bonds is 10. The van der Waals surface area contributed by atoms with Crippen LogP contribution in [-0.4, -0.2) is 39.8 Å². The topological polar surface area (TPSA) is 119 Å². The third kappa shape index (κ3) is 6.37. The molecule has 0 saturated carbocycles. The SMILES string of the molecule is COc1cc(-c2nnc(CCC(=O)NCc3ccncc3)c(=O)[nH]2)ccc1OCC(C)C. The number of methoxy groups -OCH3 is 1. The molecule has 2 N–H and O–H groups in total. The van der Waals surface area contributed by atoms with Crippen molar-refractivity contribution in [2.24, 2.45) is 5.92 Å². The summed E-state index contributed by atoms with van der Waals surface area (Å²) in [6.07, 6.45) is 3.66. The van der Waals surface area contributed by atoms with Gasteiger partial charge in [-0.1, -0.05) is 13.8 Å². The van der Waals surface area contributed by atoms with Crippen molar-refractivity contribution in [2.75, 3.05) is 13.7 Å². The summed E-state index contributed by atoms with van der Waals surface area (Å²) in [5.41, 5.74) is 1.42. The first-order valence-corrected chi connectivity index (χ1v) is 10.4. The van der Waals surface area contributed by atoms with Gasteiger partial charge in [0, 0.05) is 37.3 Å². The van der Waals surface area contributed by atoms with Crippen LogP contribution in [0.2, 0.25) is 0 Å². The molecule has 0 fully saturated rings. The number of pyridine rings is 1. The van der Waals surface area contributed by atoms with E-state index in [4.69, 9.17) is 9.47 Å². The standard InChI is InChI=1S/C23H27N5O4/c1-15(2)14-32-19-6-4-17(12-20(19)31-3)22-26-23(30)18(27-28-22)5-7-21(29)25-13-16-8-10-24-11-9-16/h4,6,8-12,15H,5,7,13-14H2,1-3H3,(H,25,29)(H,26,28,30). The van der Waals surface area contributed by atoms with Crippen LogP contribution in [0.15, 0.2) is 47.5 Å². The van der Waals surface area contributed by atoms with Crippen LogP contribution in [0, 0.1) is 5.92 Å². The first-order valence-electron chi connectivity index (χ1n) is 10.4. The van der Waals surface area contributed by atoms with Crippen LogP contribution >= 0.6 is 0 Å². The number of H-pyrrole nitrogens is 1. The third-order valence-electron chi connectivity index (χ3n) is 4.60. The molecule has 3 aromatic rings. The number of ether oxygens (including phenoxy) is 2. The molecule has 0 aliphatic rings. The molecule has 3 rings (SSSR count). The van der Waals surface area contributed by atoms with E-state index in [9.17, 15) is 9.59 Å². The lowest BCUT2D eigenvalue weighted by Gasteiger charge is -2.13. The third-order valence-corrected chi connectivity index (χ3v) is 4.60. The molecule has 9 nitrogen and oxygen atoms in total. The first-order chi connectivity index (χ1) is 15.5. The maximum Gasteiger partial charge on any atom is 0.273 e. The molecular weight excluding hydrogens is 410 g/mol. The van der Waals surface area contributed by atoms with Crippen LogP contribution in [0.4, 0.5) is 0 Å². The maximum atomic E-state index is 12.5. The summed E-state index contributed by atoms with van der Waals surface area (Å²) < 4.78 is 11.2. The van der Waals surface area contributed by atoms with Gasteiger partial charge in [-0.2, -0.15) is 0 Å². The highest BCUT2D eigenvalue weighted by molar-refractivity contribution is 5.76. The van der Waals surface area contributed by atoms with Crippen molar-refractivity contribution in [3.8, 4) is 22.9 Å². The molecule has 0 unspecified atom stereocenters. The van der Waals surface area contributed by atoms with Crippen molar-refractivity contribution in [3.05, 3.63) is 64.3 Å². The highest BCUT2D eigenvalue weighted by Gasteiger charge is 2.12. The van der Waals surface area contributed by atoms with E-state index in [0.717, 1.165) is 5.56 Å². The fourth-order valence-electron chi connectivity index (χ4n) is 2.87. The normalized spacial score (nSPS) is 10.8. The zero-order chi connectivity index (χ0) is 22.9. The summed E-state index contributed by atoms with van der Waals surface area (Å²) in [5.74, 6) is 1.69. The second-order valence-electron chi connectivity index (χ2n) is 7.65. The van der Waals surface area contributed by atoms with Gasteiger partial charge in [-0.05, 0) is 41.8 Å². The number of hydrogen-bond donors (Lipinski definition) is 2. The van der Waals surface area contributed by atoms with Gasteiger partial charge in [0.15, 0.2) is 17.3 Å². The maximum absolute atomic E-state index is 12.5. The summed E-state index contributed by atoms with van der Waals surface area (Å²) in [4.78, 5) is 31.2. The summed E-state index contributed by atoms with van der Waals surface area (Å²) >= 11 is 0. The van der Waals surface area contributed by atoms with E-state index in [1.165, 1.54) is 0 Å². The molecule has 1 aromatic carbocycles. The minimum Gasteiger partial charge on any atom is -0.493 e. The number of hydrogen-bond acceptors (Lipinski definition) is 7. The van der Waals surface area contributed by atoms with E-state index in [0.29, 0.717) is 42.0 Å². The first kappa shape index (κ1) is 22.9. The van der Waals surface area contributed by atoms with Gasteiger partial charge in [0.1, 0.15) is 5.69 Å². The molecule has 32 heavy (non-hydrogen) atoms. The Balaban J connectivity index is 1.62. The fraction of sp³-hybridized carbons (Fsp3) is 0.348. The van der Waals surface area contributed by atoms with Gasteiger partial charge in [0.2, 0.25) is 5.91 Å². The Kier molecular flexibility index (Phi) is 7.91. The number of carbonyl (C=O) groups is 1. The average molecular weight is 438 g/mol. The smallest absolute Gasteiger partial charge is 0.273 e. The van der Waals surface area contributed by atoms with Gasteiger partial charge >= 0.3 is 0 Å². The molecule has 2 aromatic heterocycles. The van der Waals surface area contributed by atoms with E-state index < -0.39 is 0 Å².